The molecular formula is C33H39N5O4S. The van der Waals surface area contributed by atoms with E-state index in [0.29, 0.717) is 30.6 Å². The summed E-state index contributed by atoms with van der Waals surface area (Å²) in [5.74, 6) is 0.598. The van der Waals surface area contributed by atoms with Crippen LogP contribution in [-0.2, 0) is 13.0 Å². The summed E-state index contributed by atoms with van der Waals surface area (Å²) in [4.78, 5) is 33.5. The van der Waals surface area contributed by atoms with Crippen LogP contribution < -0.4 is 10.6 Å². The van der Waals surface area contributed by atoms with Crippen LogP contribution in [0.3, 0.4) is 0 Å². The molecule has 0 radical (unpaired) electrons. The van der Waals surface area contributed by atoms with Gasteiger partial charge in [-0.2, -0.15) is 0 Å². The Bertz CT molecular complexity index is 1520. The van der Waals surface area contributed by atoms with Gasteiger partial charge in [0.2, 0.25) is 0 Å². The summed E-state index contributed by atoms with van der Waals surface area (Å²) in [7, 11) is 0. The quantitative estimate of drug-likeness (QED) is 0.208. The van der Waals surface area contributed by atoms with E-state index in [-0.39, 0.29) is 30.3 Å². The summed E-state index contributed by atoms with van der Waals surface area (Å²) >= 11 is 1.58. The van der Waals surface area contributed by atoms with Crippen LogP contribution in [0.15, 0.2) is 70.6 Å². The number of amides is 2. The van der Waals surface area contributed by atoms with Crippen molar-refractivity contribution in [2.24, 2.45) is 0 Å². The number of benzene rings is 2. The molecule has 0 saturated carbocycles. The van der Waals surface area contributed by atoms with Gasteiger partial charge in [0.1, 0.15) is 10.8 Å². The Morgan fingerprint density at radius 3 is 2.63 bits per heavy atom. The van der Waals surface area contributed by atoms with Crippen molar-refractivity contribution in [2.75, 3.05) is 13.1 Å². The van der Waals surface area contributed by atoms with Crippen molar-refractivity contribution in [2.45, 2.75) is 70.7 Å². The number of nitrogens with one attached hydrogen (secondary N) is 2. The van der Waals surface area contributed by atoms with Gasteiger partial charge in [0.25, 0.3) is 11.8 Å². The first-order chi connectivity index (χ1) is 20.8. The molecule has 1 fully saturated rings. The topological polar surface area (TPSA) is 121 Å². The number of aliphatic hydroxyl groups is 1. The molecule has 0 spiro atoms. The summed E-state index contributed by atoms with van der Waals surface area (Å²) in [6, 6.07) is 17.8. The van der Waals surface area contributed by atoms with E-state index in [1.54, 1.807) is 35.6 Å². The molecule has 1 aliphatic rings. The van der Waals surface area contributed by atoms with Crippen molar-refractivity contribution >= 4 is 23.2 Å². The minimum absolute atomic E-state index is 0.0456. The third-order valence-electron chi connectivity index (χ3n) is 7.69. The summed E-state index contributed by atoms with van der Waals surface area (Å²) in [6.45, 7) is 7.37. The second-order valence-electron chi connectivity index (χ2n) is 11.4. The molecule has 226 valence electrons. The van der Waals surface area contributed by atoms with Crippen molar-refractivity contribution in [3.63, 3.8) is 0 Å². The van der Waals surface area contributed by atoms with Gasteiger partial charge in [-0.3, -0.25) is 9.59 Å². The van der Waals surface area contributed by atoms with E-state index >= 15 is 0 Å². The molecule has 1 unspecified atom stereocenters. The van der Waals surface area contributed by atoms with Gasteiger partial charge < -0.3 is 25.2 Å². The fourth-order valence-corrected chi connectivity index (χ4v) is 6.27. The van der Waals surface area contributed by atoms with E-state index < -0.39 is 12.1 Å². The number of likely N-dealkylation sites (tertiary alicyclic amines) is 1. The van der Waals surface area contributed by atoms with Gasteiger partial charge in [0.15, 0.2) is 0 Å². The molecule has 1 aliphatic heterocycles. The Morgan fingerprint density at radius 2 is 1.91 bits per heavy atom. The molecule has 1 saturated heterocycles. The van der Waals surface area contributed by atoms with E-state index in [4.69, 9.17) is 4.52 Å². The van der Waals surface area contributed by atoms with Gasteiger partial charge in [-0.25, -0.2) is 4.98 Å². The van der Waals surface area contributed by atoms with Crippen LogP contribution in [-0.4, -0.2) is 57.2 Å². The number of thiazole rings is 1. The molecule has 5 rings (SSSR count). The van der Waals surface area contributed by atoms with Crippen molar-refractivity contribution in [1.82, 2.24) is 25.7 Å². The highest BCUT2D eigenvalue weighted by Crippen LogP contribution is 2.34. The summed E-state index contributed by atoms with van der Waals surface area (Å²) in [5.41, 5.74) is 3.54. The van der Waals surface area contributed by atoms with Gasteiger partial charge >= 0.3 is 0 Å². The molecule has 43 heavy (non-hydrogen) atoms. The lowest BCUT2D eigenvalue weighted by molar-refractivity contribution is 0.0735. The molecule has 10 heteroatoms. The molecule has 4 aromatic rings. The second kappa shape index (κ2) is 14.1. The first kappa shape index (κ1) is 30.6. The highest BCUT2D eigenvalue weighted by Gasteiger charge is 2.33. The van der Waals surface area contributed by atoms with Gasteiger partial charge in [0.05, 0.1) is 23.9 Å². The zero-order valence-electron chi connectivity index (χ0n) is 24.8. The van der Waals surface area contributed by atoms with Crippen LogP contribution >= 0.6 is 11.3 Å². The lowest BCUT2D eigenvalue weighted by atomic mass is 10.00. The highest BCUT2D eigenvalue weighted by atomic mass is 32.1. The van der Waals surface area contributed by atoms with Gasteiger partial charge in [-0.15, -0.1) is 11.3 Å². The number of aliphatic hydroxyl groups excluding tert-OH is 1. The second-order valence-corrected chi connectivity index (χ2v) is 12.3. The molecule has 3 atom stereocenters. The molecule has 9 nitrogen and oxygen atoms in total. The predicted octanol–water partition coefficient (Wildman–Crippen LogP) is 5.03. The van der Waals surface area contributed by atoms with E-state index in [9.17, 15) is 14.7 Å². The third-order valence-corrected chi connectivity index (χ3v) is 8.76. The minimum Gasteiger partial charge on any atom is -0.390 e. The Morgan fingerprint density at radius 1 is 1.12 bits per heavy atom. The maximum atomic E-state index is 13.6. The third kappa shape index (κ3) is 7.76. The van der Waals surface area contributed by atoms with E-state index in [1.165, 1.54) is 0 Å². The first-order valence-corrected chi connectivity index (χ1v) is 15.7. The lowest BCUT2D eigenvalue weighted by Gasteiger charge is -2.25. The number of rotatable bonds is 12. The Kier molecular flexibility index (Phi) is 10.0. The SMILES string of the molecule is Cc1csc(C2CCCN2C(=O)c2cccc(C(=O)N[C@@H](Cc3ccccc3)[C@H](O)CNCc3cc(C(C)C)on3)c2)n1. The molecule has 0 bridgehead atoms. The number of aryl methyl sites for hydroxylation is 1. The number of hydrogen-bond donors (Lipinski definition) is 3. The molecule has 2 amide bonds. The fourth-order valence-electron chi connectivity index (χ4n) is 5.33. The Balaban J connectivity index is 1.26. The molecular weight excluding hydrogens is 562 g/mol. The van der Waals surface area contributed by atoms with Gasteiger partial charge in [-0.05, 0) is 49.9 Å². The van der Waals surface area contributed by atoms with E-state index in [2.05, 4.69) is 20.8 Å². The van der Waals surface area contributed by atoms with Gasteiger partial charge in [-0.1, -0.05) is 55.4 Å². The highest BCUT2D eigenvalue weighted by molar-refractivity contribution is 7.09. The normalized spacial score (nSPS) is 16.4. The van der Waals surface area contributed by atoms with Crippen LogP contribution in [0.1, 0.15) is 87.1 Å². The van der Waals surface area contributed by atoms with Crippen LogP contribution in [0.4, 0.5) is 0 Å². The first-order valence-electron chi connectivity index (χ1n) is 14.8. The summed E-state index contributed by atoms with van der Waals surface area (Å²) < 4.78 is 5.36. The molecule has 0 aliphatic carbocycles. The number of aromatic nitrogens is 2. The average molecular weight is 602 g/mol. The van der Waals surface area contributed by atoms with Crippen molar-refractivity contribution in [3.05, 3.63) is 105 Å². The average Bonchev–Trinajstić information content (AvgIpc) is 3.78. The molecule has 2 aromatic heterocycles. The lowest BCUT2D eigenvalue weighted by Crippen LogP contribution is -2.48. The van der Waals surface area contributed by atoms with E-state index in [0.717, 1.165) is 40.6 Å². The zero-order valence-corrected chi connectivity index (χ0v) is 25.6. The van der Waals surface area contributed by atoms with Gasteiger partial charge in [0, 0.05) is 53.8 Å². The maximum absolute atomic E-state index is 13.6. The number of hydrogen-bond acceptors (Lipinski definition) is 8. The Hall–Kier alpha value is -3.86. The zero-order chi connectivity index (χ0) is 30.3. The van der Waals surface area contributed by atoms with Crippen molar-refractivity contribution in [3.8, 4) is 0 Å². The number of carbonyl (C=O) groups is 2. The molecule has 2 aromatic carbocycles. The fraction of sp³-hybridized carbons (Fsp3) is 0.394. The van der Waals surface area contributed by atoms with Crippen molar-refractivity contribution < 1.29 is 19.2 Å². The molecule has 3 heterocycles. The summed E-state index contributed by atoms with van der Waals surface area (Å²) in [5, 5.41) is 24.5. The Labute approximate surface area is 256 Å². The maximum Gasteiger partial charge on any atom is 0.254 e. The van der Waals surface area contributed by atoms with Crippen LogP contribution in [0.5, 0.6) is 0 Å². The van der Waals surface area contributed by atoms with Crippen molar-refractivity contribution in [1.29, 1.82) is 0 Å². The van der Waals surface area contributed by atoms with Crippen LogP contribution in [0.2, 0.25) is 0 Å². The van der Waals surface area contributed by atoms with Crippen LogP contribution in [0.25, 0.3) is 0 Å². The monoisotopic (exact) mass is 601 g/mol. The van der Waals surface area contributed by atoms with Crippen LogP contribution in [0, 0.1) is 6.92 Å². The molecule has 3 N–H and O–H groups in total. The number of nitrogens with zero attached hydrogens (tertiary/aromatic N) is 3. The predicted molar refractivity (Wildman–Crippen MR) is 166 cm³/mol. The smallest absolute Gasteiger partial charge is 0.254 e. The minimum atomic E-state index is -0.877. The standard InChI is InChI=1S/C33H39N5O4S/c1-21(2)30-17-26(37-42-30)18-34-19-29(39)27(15-23-9-5-4-6-10-23)36-31(40)24-11-7-12-25(16-24)33(41)38-14-8-13-28(38)32-35-22(3)20-43-32/h4-7,9-12,16-17,20-21,27-29,34,39H,8,13-15,18-19H2,1-3H3,(H,36,40)/t27-,28?,29+/m0/s1. The summed E-state index contributed by atoms with van der Waals surface area (Å²) in [6.07, 6.45) is 1.36. The largest absolute Gasteiger partial charge is 0.390 e. The van der Waals surface area contributed by atoms with E-state index in [1.807, 2.05) is 67.4 Å². The number of carbonyl (C=O) groups excluding carboxylic acids is 2.